The Bertz CT molecular complexity index is 3380. The first-order chi connectivity index (χ1) is 34.2. The molecule has 0 unspecified atom stereocenters. The Kier molecular flexibility index (Phi) is 8.79. The third kappa shape index (κ3) is 10.1. The van der Waals surface area contributed by atoms with E-state index in [1.54, 1.807) is 59.7 Å². The number of pyridine rings is 2. The number of aryl methyl sites for hydroxylation is 3. The summed E-state index contributed by atoms with van der Waals surface area (Å²) in [6.45, 7) is 3.14. The van der Waals surface area contributed by atoms with E-state index >= 15 is 0 Å². The van der Waals surface area contributed by atoms with Gasteiger partial charge in [-0.05, 0) is 107 Å². The van der Waals surface area contributed by atoms with Gasteiger partial charge in [0, 0.05) is 62.5 Å². The molecule has 1 radical (unpaired) electrons. The number of furan rings is 1. The third-order valence-corrected chi connectivity index (χ3v) is 10.7. The largest absolute Gasteiger partial charge is 0.500 e. The van der Waals surface area contributed by atoms with Crippen molar-refractivity contribution in [2.24, 2.45) is 10.8 Å². The molecule has 0 saturated heterocycles. The van der Waals surface area contributed by atoms with Crippen molar-refractivity contribution in [3.05, 3.63) is 155 Å². The molecule has 0 aliphatic heterocycles. The van der Waals surface area contributed by atoms with E-state index in [0.717, 1.165) is 64.6 Å². The molecule has 1 fully saturated rings. The number of fused-ring (bicyclic) bond motifs is 5. The van der Waals surface area contributed by atoms with Crippen molar-refractivity contribution in [1.29, 1.82) is 0 Å². The van der Waals surface area contributed by atoms with Crippen molar-refractivity contribution in [2.45, 2.75) is 113 Å². The molecule has 0 amide bonds. The van der Waals surface area contributed by atoms with E-state index in [2.05, 4.69) is 34.2 Å². The minimum atomic E-state index is -2.62. The molecule has 315 valence electrons. The number of hydrogen-bond donors (Lipinski definition) is 0. The number of rotatable bonds is 6. The van der Waals surface area contributed by atoms with E-state index in [1.807, 2.05) is 54.6 Å². The maximum atomic E-state index is 9.10. The summed E-state index contributed by atoms with van der Waals surface area (Å²) < 4.78 is 122. The van der Waals surface area contributed by atoms with Gasteiger partial charge in [-0.15, -0.1) is 47.5 Å². The minimum Gasteiger partial charge on any atom is -0.500 e. The second-order valence-corrected chi connectivity index (χ2v) is 17.8. The molecule has 1 saturated carbocycles. The molecule has 9 rings (SSSR count). The molecule has 0 atom stereocenters. The molecule has 0 N–H and O–H groups in total. The summed E-state index contributed by atoms with van der Waals surface area (Å²) >= 11 is 0. The second kappa shape index (κ2) is 18.2. The molecule has 3 heterocycles. The van der Waals surface area contributed by atoms with E-state index in [4.69, 9.17) is 23.6 Å². The average molecular weight is 995 g/mol. The van der Waals surface area contributed by atoms with Crippen molar-refractivity contribution >= 4 is 32.7 Å². The molecule has 4 heteroatoms. The van der Waals surface area contributed by atoms with Crippen molar-refractivity contribution in [2.75, 3.05) is 0 Å². The zero-order valence-electron chi connectivity index (χ0n) is 49.6. The Hall–Kier alpha value is -4.89. The van der Waals surface area contributed by atoms with Crippen LogP contribution in [-0.4, -0.2) is 9.97 Å². The van der Waals surface area contributed by atoms with Gasteiger partial charge in [-0.1, -0.05) is 156 Å². The molecule has 61 heavy (non-hydrogen) atoms. The summed E-state index contributed by atoms with van der Waals surface area (Å²) in [6, 6.07) is 35.3. The summed E-state index contributed by atoms with van der Waals surface area (Å²) in [7, 11) is 0. The maximum absolute atomic E-state index is 9.10. The fraction of sp³-hybridized carbons (Fsp3) is 0.333. The van der Waals surface area contributed by atoms with Crippen LogP contribution >= 0.6 is 0 Å². The summed E-state index contributed by atoms with van der Waals surface area (Å²) in [5.74, 6) is -0.598. The van der Waals surface area contributed by atoms with Crippen LogP contribution in [0, 0.1) is 43.5 Å². The smallest absolute Gasteiger partial charge is 0.128 e. The van der Waals surface area contributed by atoms with E-state index in [0.29, 0.717) is 33.6 Å². The van der Waals surface area contributed by atoms with Gasteiger partial charge in [-0.3, -0.25) is 0 Å². The summed E-state index contributed by atoms with van der Waals surface area (Å²) in [5.41, 5.74) is 3.57. The molecule has 0 bridgehead atoms. The molecule has 5 aromatic carbocycles. The van der Waals surface area contributed by atoms with Crippen molar-refractivity contribution in [1.82, 2.24) is 9.97 Å². The number of hydrogen-bond acceptors (Lipinski definition) is 3. The van der Waals surface area contributed by atoms with Gasteiger partial charge in [0.2, 0.25) is 0 Å². The van der Waals surface area contributed by atoms with Gasteiger partial charge in [0.05, 0.1) is 5.58 Å². The predicted octanol–water partition coefficient (Wildman–Crippen LogP) is 16.0. The van der Waals surface area contributed by atoms with Gasteiger partial charge in [0.1, 0.15) is 5.58 Å². The Morgan fingerprint density at radius 1 is 0.689 bits per heavy atom. The summed E-state index contributed by atoms with van der Waals surface area (Å²) in [6.07, 6.45) is 3.80. The molecule has 3 nitrogen and oxygen atoms in total. The number of benzene rings is 5. The first-order valence-electron chi connectivity index (χ1n) is 27.7. The van der Waals surface area contributed by atoms with Gasteiger partial charge in [0.25, 0.3) is 0 Å². The number of aromatic nitrogens is 2. The Morgan fingerprint density at radius 3 is 2.13 bits per heavy atom. The predicted molar refractivity (Wildman–Crippen MR) is 254 cm³/mol. The third-order valence-electron chi connectivity index (χ3n) is 10.7. The quantitative estimate of drug-likeness (QED) is 0.156. The van der Waals surface area contributed by atoms with Crippen molar-refractivity contribution < 1.29 is 43.7 Å². The van der Waals surface area contributed by atoms with Crippen LogP contribution in [0.25, 0.3) is 66.4 Å². The SMILES string of the molecule is [2H]C([2H])([2H])c1c[c-]c(-c2cc(C([2H])([2H])C(C)(C)C)c(C([2H])([2H])C(C)(C)C)cn2)cc1-c1ccccc1.[2H]C([2H])([2H])c1cnc(-c2[c-]ccc3c2oc2c4cc(C5([2H])CCCCC5)ccc4ccc32)cc1C([2H])([2H])[2H].[Ir]. The van der Waals surface area contributed by atoms with E-state index in [9.17, 15) is 0 Å². The standard InChI is InChI=1S/C29H26NO.C28H34N.Ir/c1-18-15-27(30-17-19(18)2)25-10-6-9-23-24-14-13-21-11-12-22(20-7-4-3-5-8-20)16-26(21)29(24)31-28(23)25;1-20-13-14-22(15-25(20)21-11-9-8-10-12-21)26-16-23(17-27(2,3)4)24(19-29-26)18-28(5,6)7;/h6,9,11-17,20H,3-5,7-8H2,1-2H3;8-13,15-16,19H,17-18H2,1-7H3;/q2*-1;/i1D3,2D3,20D;1D3,17D2,18D2;. The summed E-state index contributed by atoms with van der Waals surface area (Å²) in [4.78, 5) is 8.86. The normalized spacial score (nSPS) is 18.6. The van der Waals surface area contributed by atoms with Gasteiger partial charge in [-0.2, -0.15) is 0 Å². The first-order valence-corrected chi connectivity index (χ1v) is 20.7. The maximum Gasteiger partial charge on any atom is 0.128 e. The monoisotopic (exact) mass is 996 g/mol. The van der Waals surface area contributed by atoms with Gasteiger partial charge in [-0.25, -0.2) is 0 Å². The van der Waals surface area contributed by atoms with Crippen LogP contribution < -0.4 is 0 Å². The molecule has 3 aromatic heterocycles. The Balaban J connectivity index is 0.000000216. The zero-order valence-corrected chi connectivity index (χ0v) is 38.0. The second-order valence-electron chi connectivity index (χ2n) is 17.8. The number of nitrogens with zero attached hydrogens (tertiary/aromatic N) is 2. The van der Waals surface area contributed by atoms with Crippen LogP contribution in [0.2, 0.25) is 0 Å². The minimum absolute atomic E-state index is 0. The van der Waals surface area contributed by atoms with Crippen molar-refractivity contribution in [3.8, 4) is 33.6 Å². The Morgan fingerprint density at radius 2 is 1.39 bits per heavy atom. The van der Waals surface area contributed by atoms with Crippen LogP contribution in [0.15, 0.2) is 114 Å². The molecule has 1 aliphatic carbocycles. The van der Waals surface area contributed by atoms with Crippen LogP contribution in [-0.2, 0) is 32.9 Å². The van der Waals surface area contributed by atoms with Gasteiger partial charge < -0.3 is 14.4 Å². The van der Waals surface area contributed by atoms with Gasteiger partial charge in [0.15, 0.2) is 0 Å². The summed E-state index contributed by atoms with van der Waals surface area (Å²) in [5, 5.41) is 3.66. The Labute approximate surface area is 397 Å². The fourth-order valence-corrected chi connectivity index (χ4v) is 7.90. The fourth-order valence-electron chi connectivity index (χ4n) is 7.90. The molecule has 8 aromatic rings. The van der Waals surface area contributed by atoms with Crippen LogP contribution in [0.4, 0.5) is 0 Å². The topological polar surface area (TPSA) is 38.9 Å². The molecular weight excluding hydrogens is 921 g/mol. The van der Waals surface area contributed by atoms with E-state index in [1.165, 1.54) is 24.8 Å². The molecule has 0 spiro atoms. The van der Waals surface area contributed by atoms with Crippen LogP contribution in [0.1, 0.15) is 132 Å². The van der Waals surface area contributed by atoms with Gasteiger partial charge >= 0.3 is 0 Å². The average Bonchev–Trinajstić information content (AvgIpc) is 3.72. The van der Waals surface area contributed by atoms with Crippen molar-refractivity contribution in [3.63, 3.8) is 0 Å². The molecule has 1 aliphatic rings. The van der Waals surface area contributed by atoms with Crippen LogP contribution in [0.5, 0.6) is 0 Å². The van der Waals surface area contributed by atoms with Crippen LogP contribution in [0.3, 0.4) is 0 Å². The zero-order chi connectivity index (χ0) is 54.2. The van der Waals surface area contributed by atoms with E-state index < -0.39 is 50.0 Å². The molecular formula is C57H60IrN2O-2. The van der Waals surface area contributed by atoms with E-state index in [-0.39, 0.29) is 53.6 Å². The first kappa shape index (κ1) is 29.4.